The van der Waals surface area contributed by atoms with Gasteiger partial charge in [-0.2, -0.15) is 0 Å². The number of halogens is 1. The second-order valence-corrected chi connectivity index (χ2v) is 6.04. The summed E-state index contributed by atoms with van der Waals surface area (Å²) in [5.74, 6) is -0.0512. The number of methoxy groups -OCH3 is 1. The molecule has 2 N–H and O–H groups in total. The van der Waals surface area contributed by atoms with Crippen LogP contribution in [0.3, 0.4) is 0 Å². The topological polar surface area (TPSA) is 84.6 Å². The first-order chi connectivity index (χ1) is 11.6. The second kappa shape index (κ2) is 7.02. The Kier molecular flexibility index (Phi) is 4.82. The minimum Gasteiger partial charge on any atom is -0.467 e. The first kappa shape index (κ1) is 16.5. The number of hydrogen-bond acceptors (Lipinski definition) is 6. The van der Waals surface area contributed by atoms with E-state index < -0.39 is 12.1 Å². The molecule has 0 bridgehead atoms. The van der Waals surface area contributed by atoms with E-state index in [9.17, 15) is 9.90 Å². The van der Waals surface area contributed by atoms with Gasteiger partial charge in [-0.1, -0.05) is 15.9 Å². The molecule has 0 saturated carbocycles. The van der Waals surface area contributed by atoms with Crippen LogP contribution in [0.15, 0.2) is 51.6 Å². The number of carbonyl (C=O) groups is 1. The SMILES string of the molecule is COC(=O)c1cc(NCC(O)c2ccco2)c2cc(Br)ccc2n1. The van der Waals surface area contributed by atoms with Gasteiger partial charge in [-0.05, 0) is 36.4 Å². The molecule has 24 heavy (non-hydrogen) atoms. The van der Waals surface area contributed by atoms with Gasteiger partial charge in [0.15, 0.2) is 5.69 Å². The van der Waals surface area contributed by atoms with E-state index in [1.807, 2.05) is 12.1 Å². The summed E-state index contributed by atoms with van der Waals surface area (Å²) in [4.78, 5) is 16.1. The second-order valence-electron chi connectivity index (χ2n) is 5.12. The van der Waals surface area contributed by atoms with E-state index in [2.05, 4.69) is 26.2 Å². The molecule has 124 valence electrons. The standard InChI is InChI=1S/C17H15BrN2O4/c1-23-17(22)14-8-13(11-7-10(18)4-5-12(11)20-14)19-9-15(21)16-3-2-6-24-16/h2-8,15,21H,9H2,1H3,(H,19,20). The molecule has 0 aliphatic rings. The number of fused-ring (bicyclic) bond motifs is 1. The van der Waals surface area contributed by atoms with Crippen molar-refractivity contribution in [2.75, 3.05) is 19.0 Å². The van der Waals surface area contributed by atoms with Crippen molar-refractivity contribution in [3.05, 3.63) is 58.6 Å². The molecule has 3 rings (SSSR count). The average Bonchev–Trinajstić information content (AvgIpc) is 3.13. The Morgan fingerprint density at radius 3 is 2.96 bits per heavy atom. The number of aliphatic hydroxyl groups excluding tert-OH is 1. The van der Waals surface area contributed by atoms with E-state index in [1.54, 1.807) is 24.3 Å². The highest BCUT2D eigenvalue weighted by Gasteiger charge is 2.15. The molecule has 0 saturated heterocycles. The third kappa shape index (κ3) is 3.42. The maximum atomic E-state index is 11.8. The molecule has 1 unspecified atom stereocenters. The van der Waals surface area contributed by atoms with Gasteiger partial charge in [0.05, 0.1) is 18.9 Å². The number of esters is 1. The number of rotatable bonds is 5. The Hall–Kier alpha value is -2.38. The molecule has 0 aliphatic carbocycles. The van der Waals surface area contributed by atoms with E-state index >= 15 is 0 Å². The number of benzene rings is 1. The van der Waals surface area contributed by atoms with Crippen molar-refractivity contribution in [1.29, 1.82) is 0 Å². The van der Waals surface area contributed by atoms with Gasteiger partial charge in [-0.3, -0.25) is 0 Å². The fraction of sp³-hybridized carbons (Fsp3) is 0.176. The molecule has 3 aromatic rings. The molecule has 7 heteroatoms. The molecule has 0 amide bonds. The number of aliphatic hydroxyl groups is 1. The Morgan fingerprint density at radius 1 is 1.42 bits per heavy atom. The Bertz CT molecular complexity index is 864. The molecule has 2 aromatic heterocycles. The van der Waals surface area contributed by atoms with E-state index in [4.69, 9.17) is 9.15 Å². The Morgan fingerprint density at radius 2 is 2.25 bits per heavy atom. The summed E-state index contributed by atoms with van der Waals surface area (Å²) < 4.78 is 10.8. The third-order valence-electron chi connectivity index (χ3n) is 3.52. The molecule has 1 atom stereocenters. The maximum absolute atomic E-state index is 11.8. The van der Waals surface area contributed by atoms with Gasteiger partial charge in [-0.25, -0.2) is 9.78 Å². The highest BCUT2D eigenvalue weighted by atomic mass is 79.9. The summed E-state index contributed by atoms with van der Waals surface area (Å²) in [6, 6.07) is 10.6. The van der Waals surface area contributed by atoms with Gasteiger partial charge in [0.1, 0.15) is 11.9 Å². The van der Waals surface area contributed by atoms with Gasteiger partial charge >= 0.3 is 5.97 Å². The molecule has 0 aliphatic heterocycles. The molecule has 1 aromatic carbocycles. The van der Waals surface area contributed by atoms with Crippen molar-refractivity contribution in [3.63, 3.8) is 0 Å². The Balaban J connectivity index is 1.94. The van der Waals surface area contributed by atoms with Gasteiger partial charge in [0.25, 0.3) is 0 Å². The minimum atomic E-state index is -0.808. The van der Waals surface area contributed by atoms with E-state index in [0.29, 0.717) is 17.0 Å². The Labute approximate surface area is 146 Å². The fourth-order valence-corrected chi connectivity index (χ4v) is 2.70. The first-order valence-corrected chi connectivity index (χ1v) is 8.01. The summed E-state index contributed by atoms with van der Waals surface area (Å²) in [5.41, 5.74) is 1.52. The normalized spacial score (nSPS) is 12.1. The number of nitrogens with one attached hydrogen (secondary N) is 1. The van der Waals surface area contributed by atoms with Gasteiger partial charge < -0.3 is 19.6 Å². The number of hydrogen-bond donors (Lipinski definition) is 2. The van der Waals surface area contributed by atoms with Crippen LogP contribution in [-0.2, 0) is 4.74 Å². The quantitative estimate of drug-likeness (QED) is 0.648. The van der Waals surface area contributed by atoms with Gasteiger partial charge in [-0.15, -0.1) is 0 Å². The average molecular weight is 391 g/mol. The lowest BCUT2D eigenvalue weighted by molar-refractivity contribution is 0.0594. The molecule has 0 radical (unpaired) electrons. The predicted octanol–water partition coefficient (Wildman–Crippen LogP) is 3.52. The highest BCUT2D eigenvalue weighted by Crippen LogP contribution is 2.27. The van der Waals surface area contributed by atoms with Crippen molar-refractivity contribution >= 4 is 38.5 Å². The largest absolute Gasteiger partial charge is 0.467 e. The van der Waals surface area contributed by atoms with Crippen molar-refractivity contribution in [3.8, 4) is 0 Å². The monoisotopic (exact) mass is 390 g/mol. The number of aromatic nitrogens is 1. The molecular formula is C17H15BrN2O4. The van der Waals surface area contributed by atoms with Crippen LogP contribution < -0.4 is 5.32 Å². The van der Waals surface area contributed by atoms with E-state index in [1.165, 1.54) is 13.4 Å². The van der Waals surface area contributed by atoms with E-state index in [0.717, 1.165) is 9.86 Å². The van der Waals surface area contributed by atoms with Crippen LogP contribution in [-0.4, -0.2) is 29.7 Å². The number of furan rings is 1. The summed E-state index contributed by atoms with van der Waals surface area (Å²) in [6.07, 6.45) is 0.698. The fourth-order valence-electron chi connectivity index (χ4n) is 2.34. The molecule has 0 spiro atoms. The van der Waals surface area contributed by atoms with Crippen molar-refractivity contribution in [2.45, 2.75) is 6.10 Å². The zero-order valence-corrected chi connectivity index (χ0v) is 14.4. The molecular weight excluding hydrogens is 376 g/mol. The number of nitrogens with zero attached hydrogens (tertiary/aromatic N) is 1. The molecule has 0 fully saturated rings. The van der Waals surface area contributed by atoms with Crippen LogP contribution in [0.4, 0.5) is 5.69 Å². The van der Waals surface area contributed by atoms with E-state index in [-0.39, 0.29) is 12.2 Å². The summed E-state index contributed by atoms with van der Waals surface area (Å²) in [6.45, 7) is 0.222. The zero-order chi connectivity index (χ0) is 17.1. The van der Waals surface area contributed by atoms with Crippen LogP contribution in [0.1, 0.15) is 22.4 Å². The van der Waals surface area contributed by atoms with Crippen molar-refractivity contribution in [1.82, 2.24) is 4.98 Å². The number of pyridine rings is 1. The van der Waals surface area contributed by atoms with Gasteiger partial charge in [0.2, 0.25) is 0 Å². The van der Waals surface area contributed by atoms with Crippen molar-refractivity contribution in [2.24, 2.45) is 0 Å². The molecule has 2 heterocycles. The van der Waals surface area contributed by atoms with Crippen LogP contribution >= 0.6 is 15.9 Å². The van der Waals surface area contributed by atoms with Crippen molar-refractivity contribution < 1.29 is 19.1 Å². The lowest BCUT2D eigenvalue weighted by Crippen LogP contribution is -2.13. The number of ether oxygens (including phenoxy) is 1. The number of carbonyl (C=O) groups excluding carboxylic acids is 1. The predicted molar refractivity (Wildman–Crippen MR) is 92.9 cm³/mol. The highest BCUT2D eigenvalue weighted by molar-refractivity contribution is 9.10. The lowest BCUT2D eigenvalue weighted by Gasteiger charge is -2.14. The summed E-state index contributed by atoms with van der Waals surface area (Å²) in [5, 5.41) is 14.1. The zero-order valence-electron chi connectivity index (χ0n) is 12.8. The van der Waals surface area contributed by atoms with Crippen LogP contribution in [0.25, 0.3) is 10.9 Å². The summed E-state index contributed by atoms with van der Waals surface area (Å²) in [7, 11) is 1.31. The van der Waals surface area contributed by atoms with Crippen LogP contribution in [0, 0.1) is 0 Å². The third-order valence-corrected chi connectivity index (χ3v) is 4.02. The van der Waals surface area contributed by atoms with Gasteiger partial charge in [0, 0.05) is 22.1 Å². The first-order valence-electron chi connectivity index (χ1n) is 7.22. The smallest absolute Gasteiger partial charge is 0.356 e. The maximum Gasteiger partial charge on any atom is 0.356 e. The van der Waals surface area contributed by atoms with Crippen LogP contribution in [0.2, 0.25) is 0 Å². The lowest BCUT2D eigenvalue weighted by atomic mass is 10.1. The molecule has 6 nitrogen and oxygen atoms in total. The van der Waals surface area contributed by atoms with Crippen LogP contribution in [0.5, 0.6) is 0 Å². The minimum absolute atomic E-state index is 0.197. The summed E-state index contributed by atoms with van der Waals surface area (Å²) >= 11 is 3.43. The number of anilines is 1.